The van der Waals surface area contributed by atoms with Gasteiger partial charge in [0.2, 0.25) is 0 Å². The molecule has 114 valence electrons. The van der Waals surface area contributed by atoms with Crippen molar-refractivity contribution in [1.29, 1.82) is 0 Å². The molecule has 0 radical (unpaired) electrons. The molecular weight excluding hydrogens is 248 g/mol. The second-order valence-electron chi connectivity index (χ2n) is 6.08. The molecule has 1 aliphatic heterocycles. The minimum atomic E-state index is 0.501. The first-order valence-electron chi connectivity index (χ1n) is 8.20. The maximum atomic E-state index is 4.72. The molecule has 2 unspecified atom stereocenters. The fourth-order valence-electron chi connectivity index (χ4n) is 2.87. The van der Waals surface area contributed by atoms with Gasteiger partial charge in [-0.25, -0.2) is 0 Å². The lowest BCUT2D eigenvalue weighted by molar-refractivity contribution is 0.207. The van der Waals surface area contributed by atoms with E-state index < -0.39 is 0 Å². The van der Waals surface area contributed by atoms with E-state index in [1.807, 2.05) is 0 Å². The summed E-state index contributed by atoms with van der Waals surface area (Å²) in [6.07, 6.45) is 5.95. The number of aromatic nitrogens is 2. The lowest BCUT2D eigenvalue weighted by atomic mass is 9.99. The first-order valence-corrected chi connectivity index (χ1v) is 8.20. The molecule has 20 heavy (non-hydrogen) atoms. The van der Waals surface area contributed by atoms with Crippen molar-refractivity contribution in [2.24, 2.45) is 5.92 Å². The predicted molar refractivity (Wildman–Crippen MR) is 83.8 cm³/mol. The van der Waals surface area contributed by atoms with E-state index in [0.717, 1.165) is 25.4 Å². The van der Waals surface area contributed by atoms with Crippen molar-refractivity contribution in [2.75, 3.05) is 26.2 Å². The summed E-state index contributed by atoms with van der Waals surface area (Å²) in [5.41, 5.74) is 1.20. The Kier molecular flexibility index (Phi) is 6.05. The zero-order valence-electron chi connectivity index (χ0n) is 13.3. The first kappa shape index (κ1) is 15.5. The van der Waals surface area contributed by atoms with Crippen LogP contribution in [-0.2, 0) is 6.54 Å². The highest BCUT2D eigenvalue weighted by Gasteiger charge is 2.17. The van der Waals surface area contributed by atoms with Crippen LogP contribution in [0, 0.1) is 5.92 Å². The van der Waals surface area contributed by atoms with Crippen LogP contribution in [-0.4, -0.2) is 40.9 Å². The van der Waals surface area contributed by atoms with E-state index in [9.17, 15) is 0 Å². The third-order valence-electron chi connectivity index (χ3n) is 4.45. The van der Waals surface area contributed by atoms with E-state index in [4.69, 9.17) is 5.10 Å². The van der Waals surface area contributed by atoms with Crippen LogP contribution in [0.1, 0.15) is 51.8 Å². The molecule has 1 aromatic rings. The third kappa shape index (κ3) is 4.32. The van der Waals surface area contributed by atoms with Gasteiger partial charge in [0.05, 0.1) is 5.69 Å². The van der Waals surface area contributed by atoms with Gasteiger partial charge in [0.25, 0.3) is 0 Å². The summed E-state index contributed by atoms with van der Waals surface area (Å²) in [6.45, 7) is 12.3. The maximum Gasteiger partial charge on any atom is 0.0764 e. The SMILES string of the molecule is CCC(C)n1ccc(CN(CC)CC2CCCNC2)n1. The highest BCUT2D eigenvalue weighted by molar-refractivity contribution is 4.99. The fraction of sp³-hybridized carbons (Fsp3) is 0.812. The van der Waals surface area contributed by atoms with E-state index in [2.05, 4.69) is 47.9 Å². The molecular formula is C16H30N4. The first-order chi connectivity index (χ1) is 9.72. The smallest absolute Gasteiger partial charge is 0.0764 e. The van der Waals surface area contributed by atoms with Crippen molar-refractivity contribution in [3.63, 3.8) is 0 Å². The normalized spacial score (nSPS) is 21.3. The van der Waals surface area contributed by atoms with Crippen LogP contribution in [0.15, 0.2) is 12.3 Å². The van der Waals surface area contributed by atoms with Crippen LogP contribution < -0.4 is 5.32 Å². The summed E-state index contributed by atoms with van der Waals surface area (Å²) >= 11 is 0. The van der Waals surface area contributed by atoms with Gasteiger partial charge in [-0.05, 0) is 57.8 Å². The summed E-state index contributed by atoms with van der Waals surface area (Å²) in [4.78, 5) is 2.53. The van der Waals surface area contributed by atoms with Crippen LogP contribution >= 0.6 is 0 Å². The van der Waals surface area contributed by atoms with E-state index in [1.54, 1.807) is 0 Å². The van der Waals surface area contributed by atoms with E-state index >= 15 is 0 Å². The van der Waals surface area contributed by atoms with Crippen LogP contribution in [0.4, 0.5) is 0 Å². The molecule has 2 atom stereocenters. The zero-order valence-corrected chi connectivity index (χ0v) is 13.3. The predicted octanol–water partition coefficient (Wildman–Crippen LogP) is 2.68. The average Bonchev–Trinajstić information content (AvgIpc) is 2.95. The Labute approximate surface area is 123 Å². The molecule has 1 fully saturated rings. The van der Waals surface area contributed by atoms with Gasteiger partial charge in [-0.2, -0.15) is 5.10 Å². The number of piperidine rings is 1. The average molecular weight is 278 g/mol. The third-order valence-corrected chi connectivity index (χ3v) is 4.45. The van der Waals surface area contributed by atoms with Crippen molar-refractivity contribution in [2.45, 2.75) is 52.6 Å². The zero-order chi connectivity index (χ0) is 14.4. The van der Waals surface area contributed by atoms with Crippen LogP contribution in [0.25, 0.3) is 0 Å². The number of hydrogen-bond donors (Lipinski definition) is 1. The molecule has 0 aliphatic carbocycles. The standard InChI is InChI=1S/C16H30N4/c1-4-14(3)20-10-8-16(18-20)13-19(5-2)12-15-7-6-9-17-11-15/h8,10,14-15,17H,4-7,9,11-13H2,1-3H3. The molecule has 1 aromatic heterocycles. The summed E-state index contributed by atoms with van der Waals surface area (Å²) in [5.74, 6) is 0.806. The second kappa shape index (κ2) is 7.79. The highest BCUT2D eigenvalue weighted by Crippen LogP contribution is 2.14. The van der Waals surface area contributed by atoms with Gasteiger partial charge in [0.1, 0.15) is 0 Å². The molecule has 2 heterocycles. The minimum absolute atomic E-state index is 0.501. The Morgan fingerprint density at radius 3 is 3.00 bits per heavy atom. The van der Waals surface area contributed by atoms with Crippen LogP contribution in [0.3, 0.4) is 0 Å². The van der Waals surface area contributed by atoms with Crippen LogP contribution in [0.2, 0.25) is 0 Å². The van der Waals surface area contributed by atoms with Gasteiger partial charge in [-0.15, -0.1) is 0 Å². The lowest BCUT2D eigenvalue weighted by Gasteiger charge is -2.29. The summed E-state index contributed by atoms with van der Waals surface area (Å²) in [5, 5.41) is 8.23. The summed E-state index contributed by atoms with van der Waals surface area (Å²) in [7, 11) is 0. The van der Waals surface area contributed by atoms with Crippen molar-refractivity contribution < 1.29 is 0 Å². The molecule has 4 nitrogen and oxygen atoms in total. The van der Waals surface area contributed by atoms with Gasteiger partial charge < -0.3 is 5.32 Å². The molecule has 0 aromatic carbocycles. The molecule has 0 bridgehead atoms. The quantitative estimate of drug-likeness (QED) is 0.832. The van der Waals surface area contributed by atoms with Crippen molar-refractivity contribution >= 4 is 0 Å². The Morgan fingerprint density at radius 2 is 2.35 bits per heavy atom. The van der Waals surface area contributed by atoms with E-state index in [0.29, 0.717) is 6.04 Å². The second-order valence-corrected chi connectivity index (χ2v) is 6.08. The molecule has 4 heteroatoms. The summed E-state index contributed by atoms with van der Waals surface area (Å²) in [6, 6.07) is 2.68. The summed E-state index contributed by atoms with van der Waals surface area (Å²) < 4.78 is 2.10. The largest absolute Gasteiger partial charge is 0.316 e. The number of hydrogen-bond acceptors (Lipinski definition) is 3. The molecule has 1 saturated heterocycles. The molecule has 1 aliphatic rings. The number of nitrogens with one attached hydrogen (secondary N) is 1. The Bertz CT molecular complexity index is 382. The van der Waals surface area contributed by atoms with Crippen molar-refractivity contribution in [3.05, 3.63) is 18.0 Å². The van der Waals surface area contributed by atoms with Gasteiger partial charge in [-0.1, -0.05) is 13.8 Å². The van der Waals surface area contributed by atoms with E-state index in [1.165, 1.54) is 38.2 Å². The number of nitrogens with zero attached hydrogens (tertiary/aromatic N) is 3. The van der Waals surface area contributed by atoms with Crippen LogP contribution in [0.5, 0.6) is 0 Å². The minimum Gasteiger partial charge on any atom is -0.316 e. The van der Waals surface area contributed by atoms with E-state index in [-0.39, 0.29) is 0 Å². The fourth-order valence-corrected chi connectivity index (χ4v) is 2.87. The van der Waals surface area contributed by atoms with Gasteiger partial charge >= 0.3 is 0 Å². The molecule has 0 saturated carbocycles. The van der Waals surface area contributed by atoms with Gasteiger partial charge in [0.15, 0.2) is 0 Å². The molecule has 0 amide bonds. The Balaban J connectivity index is 1.87. The highest BCUT2D eigenvalue weighted by atomic mass is 15.3. The lowest BCUT2D eigenvalue weighted by Crippen LogP contribution is -2.38. The Morgan fingerprint density at radius 1 is 1.50 bits per heavy atom. The van der Waals surface area contributed by atoms with Crippen molar-refractivity contribution in [1.82, 2.24) is 20.0 Å². The topological polar surface area (TPSA) is 33.1 Å². The molecule has 2 rings (SSSR count). The molecule has 0 spiro atoms. The van der Waals surface area contributed by atoms with Crippen molar-refractivity contribution in [3.8, 4) is 0 Å². The Hall–Kier alpha value is -0.870. The monoisotopic (exact) mass is 278 g/mol. The van der Waals surface area contributed by atoms with Gasteiger partial charge in [-0.3, -0.25) is 9.58 Å². The molecule has 1 N–H and O–H groups in total. The van der Waals surface area contributed by atoms with Gasteiger partial charge in [0, 0.05) is 25.3 Å². The maximum absolute atomic E-state index is 4.72. The number of rotatable bonds is 7.